The van der Waals surface area contributed by atoms with E-state index in [1.54, 1.807) is 7.11 Å². The fraction of sp³-hybridized carbons (Fsp3) is 0.462. The number of nitrogens with one attached hydrogen (secondary N) is 2. The molecular formula is C13H19BrN2O2. The molecule has 0 radical (unpaired) electrons. The molecule has 0 saturated heterocycles. The van der Waals surface area contributed by atoms with E-state index in [1.807, 2.05) is 25.1 Å². The van der Waals surface area contributed by atoms with Crippen LogP contribution in [0.2, 0.25) is 0 Å². The smallest absolute Gasteiger partial charge is 0.224 e. The van der Waals surface area contributed by atoms with Crippen LogP contribution in [0.5, 0.6) is 5.75 Å². The Morgan fingerprint density at radius 3 is 2.83 bits per heavy atom. The number of ether oxygens (including phenoxy) is 1. The molecular weight excluding hydrogens is 296 g/mol. The Kier molecular flexibility index (Phi) is 6.75. The van der Waals surface area contributed by atoms with E-state index in [0.717, 1.165) is 28.9 Å². The highest BCUT2D eigenvalue weighted by Crippen LogP contribution is 2.23. The van der Waals surface area contributed by atoms with Crippen LogP contribution in [-0.4, -0.2) is 32.7 Å². The Morgan fingerprint density at radius 1 is 1.39 bits per heavy atom. The maximum absolute atomic E-state index is 11.7. The lowest BCUT2D eigenvalue weighted by Crippen LogP contribution is -2.32. The molecule has 0 aromatic heterocycles. The van der Waals surface area contributed by atoms with Crippen LogP contribution in [0.25, 0.3) is 0 Å². The topological polar surface area (TPSA) is 50.4 Å². The van der Waals surface area contributed by atoms with E-state index in [9.17, 15) is 4.79 Å². The molecule has 0 atom stereocenters. The van der Waals surface area contributed by atoms with Crippen molar-refractivity contribution >= 4 is 21.8 Å². The predicted octanol–water partition coefficient (Wildman–Crippen LogP) is 1.73. The van der Waals surface area contributed by atoms with Crippen LogP contribution in [0.3, 0.4) is 0 Å². The Hall–Kier alpha value is -1.07. The van der Waals surface area contributed by atoms with Gasteiger partial charge in [-0.15, -0.1) is 0 Å². The van der Waals surface area contributed by atoms with Crippen LogP contribution in [-0.2, 0) is 11.2 Å². The summed E-state index contributed by atoms with van der Waals surface area (Å²) in [5.41, 5.74) is 0.882. The van der Waals surface area contributed by atoms with Gasteiger partial charge in [0.1, 0.15) is 5.75 Å². The van der Waals surface area contributed by atoms with Crippen molar-refractivity contribution in [2.75, 3.05) is 26.7 Å². The number of hydrogen-bond donors (Lipinski definition) is 2. The molecule has 0 unspecified atom stereocenters. The van der Waals surface area contributed by atoms with Crippen molar-refractivity contribution in [2.45, 2.75) is 13.3 Å². The number of hydrogen-bond acceptors (Lipinski definition) is 3. The third kappa shape index (κ3) is 5.06. The van der Waals surface area contributed by atoms with Gasteiger partial charge < -0.3 is 15.4 Å². The first-order chi connectivity index (χ1) is 8.67. The summed E-state index contributed by atoms with van der Waals surface area (Å²) < 4.78 is 6.17. The molecule has 1 amide bonds. The number of methoxy groups -OCH3 is 1. The van der Waals surface area contributed by atoms with Crippen molar-refractivity contribution in [3.8, 4) is 5.75 Å². The predicted molar refractivity (Wildman–Crippen MR) is 76.0 cm³/mol. The average molecular weight is 315 g/mol. The number of halogens is 1. The van der Waals surface area contributed by atoms with E-state index in [2.05, 4.69) is 26.6 Å². The Balaban J connectivity index is 2.50. The van der Waals surface area contributed by atoms with Crippen molar-refractivity contribution in [3.63, 3.8) is 0 Å². The van der Waals surface area contributed by atoms with Gasteiger partial charge in [-0.05, 0) is 24.7 Å². The zero-order valence-electron chi connectivity index (χ0n) is 10.8. The fourth-order valence-corrected chi connectivity index (χ4v) is 2.00. The second kappa shape index (κ2) is 8.11. The lowest BCUT2D eigenvalue weighted by atomic mass is 10.1. The zero-order chi connectivity index (χ0) is 13.4. The van der Waals surface area contributed by atoms with Gasteiger partial charge in [-0.1, -0.05) is 22.9 Å². The lowest BCUT2D eigenvalue weighted by Gasteiger charge is -2.09. The summed E-state index contributed by atoms with van der Waals surface area (Å²) in [6.45, 7) is 4.38. The summed E-state index contributed by atoms with van der Waals surface area (Å²) in [6, 6.07) is 5.65. The second-order valence-electron chi connectivity index (χ2n) is 3.84. The van der Waals surface area contributed by atoms with Gasteiger partial charge in [0.15, 0.2) is 0 Å². The molecule has 18 heavy (non-hydrogen) atoms. The highest BCUT2D eigenvalue weighted by atomic mass is 79.9. The first kappa shape index (κ1) is 15.0. The summed E-state index contributed by atoms with van der Waals surface area (Å²) in [5, 5.41) is 6.02. The van der Waals surface area contributed by atoms with Crippen molar-refractivity contribution in [3.05, 3.63) is 28.2 Å². The van der Waals surface area contributed by atoms with Crippen LogP contribution in [0.15, 0.2) is 22.7 Å². The monoisotopic (exact) mass is 314 g/mol. The van der Waals surface area contributed by atoms with Gasteiger partial charge in [-0.3, -0.25) is 4.79 Å². The molecule has 2 N–H and O–H groups in total. The SMILES string of the molecule is CCNCCNC(=O)Cc1cc(Br)ccc1OC. The van der Waals surface area contributed by atoms with Gasteiger partial charge in [0.25, 0.3) is 0 Å². The van der Waals surface area contributed by atoms with Gasteiger partial charge in [-0.2, -0.15) is 0 Å². The molecule has 0 aliphatic rings. The summed E-state index contributed by atoms with van der Waals surface area (Å²) in [7, 11) is 1.61. The fourth-order valence-electron chi connectivity index (χ4n) is 1.59. The van der Waals surface area contributed by atoms with E-state index in [4.69, 9.17) is 4.74 Å². The zero-order valence-corrected chi connectivity index (χ0v) is 12.3. The summed E-state index contributed by atoms with van der Waals surface area (Å²) in [5.74, 6) is 0.740. The summed E-state index contributed by atoms with van der Waals surface area (Å²) >= 11 is 3.39. The largest absolute Gasteiger partial charge is 0.496 e. The third-order valence-electron chi connectivity index (χ3n) is 2.47. The van der Waals surface area contributed by atoms with Crippen LogP contribution in [0.1, 0.15) is 12.5 Å². The highest BCUT2D eigenvalue weighted by Gasteiger charge is 2.08. The molecule has 0 spiro atoms. The molecule has 1 aromatic carbocycles. The highest BCUT2D eigenvalue weighted by molar-refractivity contribution is 9.10. The van der Waals surface area contributed by atoms with Gasteiger partial charge in [0.05, 0.1) is 13.5 Å². The van der Waals surface area contributed by atoms with Crippen molar-refractivity contribution in [1.82, 2.24) is 10.6 Å². The number of carbonyl (C=O) groups is 1. The standard InChI is InChI=1S/C13H19BrN2O2/c1-3-15-6-7-16-13(17)9-10-8-11(14)4-5-12(10)18-2/h4-5,8,15H,3,6-7,9H2,1-2H3,(H,16,17). The van der Waals surface area contributed by atoms with E-state index in [-0.39, 0.29) is 5.91 Å². The average Bonchev–Trinajstić information content (AvgIpc) is 2.35. The van der Waals surface area contributed by atoms with Gasteiger partial charge in [0.2, 0.25) is 5.91 Å². The Labute approximate surface area is 116 Å². The van der Waals surface area contributed by atoms with Crippen LogP contribution in [0.4, 0.5) is 0 Å². The molecule has 0 heterocycles. The molecule has 0 aliphatic carbocycles. The van der Waals surface area contributed by atoms with Gasteiger partial charge in [0, 0.05) is 23.1 Å². The molecule has 1 rings (SSSR count). The van der Waals surface area contributed by atoms with Gasteiger partial charge >= 0.3 is 0 Å². The Morgan fingerprint density at radius 2 is 2.17 bits per heavy atom. The van der Waals surface area contributed by atoms with Gasteiger partial charge in [-0.25, -0.2) is 0 Å². The number of likely N-dealkylation sites (N-methyl/N-ethyl adjacent to an activating group) is 1. The van der Waals surface area contributed by atoms with E-state index >= 15 is 0 Å². The third-order valence-corrected chi connectivity index (χ3v) is 2.96. The van der Waals surface area contributed by atoms with Crippen LogP contribution < -0.4 is 15.4 Å². The Bertz CT molecular complexity index is 397. The number of amides is 1. The van der Waals surface area contributed by atoms with Crippen LogP contribution in [0, 0.1) is 0 Å². The molecule has 4 nitrogen and oxygen atoms in total. The molecule has 0 saturated carbocycles. The summed E-state index contributed by atoms with van der Waals surface area (Å²) in [4.78, 5) is 11.7. The first-order valence-electron chi connectivity index (χ1n) is 5.97. The summed E-state index contributed by atoms with van der Waals surface area (Å²) in [6.07, 6.45) is 0.328. The van der Waals surface area contributed by atoms with Crippen molar-refractivity contribution in [2.24, 2.45) is 0 Å². The van der Waals surface area contributed by atoms with Crippen LogP contribution >= 0.6 is 15.9 Å². The normalized spacial score (nSPS) is 10.2. The maximum atomic E-state index is 11.7. The van der Waals surface area contributed by atoms with Crippen molar-refractivity contribution < 1.29 is 9.53 Å². The lowest BCUT2D eigenvalue weighted by molar-refractivity contribution is -0.120. The minimum absolute atomic E-state index is 0.00398. The van der Waals surface area contributed by atoms with E-state index in [1.165, 1.54) is 0 Å². The molecule has 0 aliphatic heterocycles. The maximum Gasteiger partial charge on any atom is 0.224 e. The number of carbonyl (C=O) groups excluding carboxylic acids is 1. The van der Waals surface area contributed by atoms with E-state index in [0.29, 0.717) is 13.0 Å². The molecule has 100 valence electrons. The van der Waals surface area contributed by atoms with E-state index < -0.39 is 0 Å². The minimum Gasteiger partial charge on any atom is -0.496 e. The number of benzene rings is 1. The minimum atomic E-state index is 0.00398. The van der Waals surface area contributed by atoms with Crippen molar-refractivity contribution in [1.29, 1.82) is 0 Å². The molecule has 0 fully saturated rings. The molecule has 1 aromatic rings. The number of rotatable bonds is 7. The molecule has 5 heteroatoms. The quantitative estimate of drug-likeness (QED) is 0.754. The molecule has 0 bridgehead atoms. The first-order valence-corrected chi connectivity index (χ1v) is 6.76. The second-order valence-corrected chi connectivity index (χ2v) is 4.75.